The molecule has 2 rings (SSSR count). The number of hydrogen-bond donors (Lipinski definition) is 2. The number of rotatable bonds is 10. The SMILES string of the molecule is CN=C(NCC(c1ccccc1)N(C)C)Nc1cccc(OCCCOC)c1. The van der Waals surface area contributed by atoms with Gasteiger partial charge in [0.2, 0.25) is 0 Å². The Bertz CT molecular complexity index is 719. The van der Waals surface area contributed by atoms with Crippen LogP contribution in [0.4, 0.5) is 5.69 Å². The molecule has 152 valence electrons. The first-order valence-corrected chi connectivity index (χ1v) is 9.55. The second-order valence-electron chi connectivity index (χ2n) is 6.69. The highest BCUT2D eigenvalue weighted by atomic mass is 16.5. The lowest BCUT2D eigenvalue weighted by atomic mass is 10.1. The molecule has 2 aromatic carbocycles. The molecule has 28 heavy (non-hydrogen) atoms. The number of methoxy groups -OCH3 is 1. The molecule has 2 N–H and O–H groups in total. The number of nitrogens with one attached hydrogen (secondary N) is 2. The zero-order valence-electron chi connectivity index (χ0n) is 17.3. The van der Waals surface area contributed by atoms with E-state index in [4.69, 9.17) is 9.47 Å². The Hall–Kier alpha value is -2.57. The first-order chi connectivity index (χ1) is 13.6. The van der Waals surface area contributed by atoms with E-state index in [0.717, 1.165) is 30.4 Å². The fourth-order valence-corrected chi connectivity index (χ4v) is 2.84. The van der Waals surface area contributed by atoms with Crippen molar-refractivity contribution in [2.24, 2.45) is 4.99 Å². The summed E-state index contributed by atoms with van der Waals surface area (Å²) in [7, 11) is 7.63. The van der Waals surface area contributed by atoms with E-state index in [0.29, 0.717) is 13.2 Å². The van der Waals surface area contributed by atoms with Crippen LogP contribution >= 0.6 is 0 Å². The molecule has 1 unspecified atom stereocenters. The Labute approximate surface area is 168 Å². The van der Waals surface area contributed by atoms with Crippen molar-refractivity contribution in [3.63, 3.8) is 0 Å². The summed E-state index contributed by atoms with van der Waals surface area (Å²) in [6.45, 7) is 2.07. The molecule has 0 heterocycles. The molecule has 0 amide bonds. The summed E-state index contributed by atoms with van der Waals surface area (Å²) in [5.41, 5.74) is 2.19. The summed E-state index contributed by atoms with van der Waals surface area (Å²) >= 11 is 0. The highest BCUT2D eigenvalue weighted by Gasteiger charge is 2.14. The largest absolute Gasteiger partial charge is 0.493 e. The van der Waals surface area contributed by atoms with Crippen LogP contribution in [0.3, 0.4) is 0 Å². The first kappa shape index (κ1) is 21.7. The van der Waals surface area contributed by atoms with Gasteiger partial charge in [-0.2, -0.15) is 0 Å². The van der Waals surface area contributed by atoms with Gasteiger partial charge in [-0.05, 0) is 31.8 Å². The maximum atomic E-state index is 5.76. The number of nitrogens with zero attached hydrogens (tertiary/aromatic N) is 2. The van der Waals surface area contributed by atoms with Crippen molar-refractivity contribution in [3.8, 4) is 5.75 Å². The summed E-state index contributed by atoms with van der Waals surface area (Å²) in [4.78, 5) is 6.54. The Balaban J connectivity index is 1.93. The standard InChI is InChI=1S/C22H32N4O2/c1-23-22(24-17-21(26(2)3)18-10-6-5-7-11-18)25-19-12-8-13-20(16-19)28-15-9-14-27-4/h5-8,10-13,16,21H,9,14-15,17H2,1-4H3,(H2,23,24,25). The highest BCUT2D eigenvalue weighted by molar-refractivity contribution is 5.93. The predicted molar refractivity (Wildman–Crippen MR) is 116 cm³/mol. The normalized spacial score (nSPS) is 12.7. The van der Waals surface area contributed by atoms with E-state index in [1.807, 2.05) is 30.3 Å². The number of benzene rings is 2. The third-order valence-corrected chi connectivity index (χ3v) is 4.35. The van der Waals surface area contributed by atoms with Crippen molar-refractivity contribution >= 4 is 11.6 Å². The molecule has 0 aliphatic heterocycles. The summed E-state index contributed by atoms with van der Waals surface area (Å²) in [6, 6.07) is 18.6. The number of anilines is 1. The van der Waals surface area contributed by atoms with Crippen molar-refractivity contribution < 1.29 is 9.47 Å². The Morgan fingerprint density at radius 3 is 2.54 bits per heavy atom. The molecule has 0 fully saturated rings. The number of guanidine groups is 1. The maximum Gasteiger partial charge on any atom is 0.195 e. The molecule has 0 aromatic heterocycles. The Kier molecular flexibility index (Phi) is 9.31. The lowest BCUT2D eigenvalue weighted by molar-refractivity contribution is 0.172. The molecule has 0 spiro atoms. The fraction of sp³-hybridized carbons (Fsp3) is 0.409. The van der Waals surface area contributed by atoms with Crippen LogP contribution in [0, 0.1) is 0 Å². The maximum absolute atomic E-state index is 5.76. The van der Waals surface area contributed by atoms with Crippen molar-refractivity contribution in [2.75, 3.05) is 53.3 Å². The minimum atomic E-state index is 0.246. The second kappa shape index (κ2) is 12.0. The molecule has 0 bridgehead atoms. The smallest absolute Gasteiger partial charge is 0.195 e. The summed E-state index contributed by atoms with van der Waals surface area (Å²) < 4.78 is 10.8. The summed E-state index contributed by atoms with van der Waals surface area (Å²) in [5, 5.41) is 6.75. The average molecular weight is 385 g/mol. The van der Waals surface area contributed by atoms with E-state index in [1.165, 1.54) is 5.56 Å². The summed E-state index contributed by atoms with van der Waals surface area (Å²) in [6.07, 6.45) is 0.864. The summed E-state index contributed by atoms with van der Waals surface area (Å²) in [5.74, 6) is 1.55. The number of aliphatic imine (C=N–C) groups is 1. The van der Waals surface area contributed by atoms with Gasteiger partial charge in [0.25, 0.3) is 0 Å². The molecule has 6 heteroatoms. The van der Waals surface area contributed by atoms with Gasteiger partial charge >= 0.3 is 0 Å². The first-order valence-electron chi connectivity index (χ1n) is 9.55. The van der Waals surface area contributed by atoms with Crippen molar-refractivity contribution in [3.05, 3.63) is 60.2 Å². The van der Waals surface area contributed by atoms with Crippen LogP contribution in [0.2, 0.25) is 0 Å². The number of hydrogen-bond acceptors (Lipinski definition) is 4. The molecule has 0 saturated carbocycles. The minimum absolute atomic E-state index is 0.246. The van der Waals surface area contributed by atoms with Crippen LogP contribution in [0.5, 0.6) is 5.75 Å². The predicted octanol–water partition coefficient (Wildman–Crippen LogP) is 3.39. The lowest BCUT2D eigenvalue weighted by Crippen LogP contribution is -2.37. The van der Waals surface area contributed by atoms with Crippen molar-refractivity contribution in [1.82, 2.24) is 10.2 Å². The van der Waals surface area contributed by atoms with Crippen LogP contribution in [-0.4, -0.2) is 58.9 Å². The fourth-order valence-electron chi connectivity index (χ4n) is 2.84. The molecule has 6 nitrogen and oxygen atoms in total. The molecule has 0 aliphatic carbocycles. The van der Waals surface area contributed by atoms with Gasteiger partial charge in [-0.15, -0.1) is 0 Å². The van der Waals surface area contributed by atoms with E-state index in [9.17, 15) is 0 Å². The number of ether oxygens (including phenoxy) is 2. The number of likely N-dealkylation sites (N-methyl/N-ethyl adjacent to an activating group) is 1. The van der Waals surface area contributed by atoms with Gasteiger partial charge < -0.3 is 25.0 Å². The molecule has 0 saturated heterocycles. The molecule has 1 atom stereocenters. The second-order valence-corrected chi connectivity index (χ2v) is 6.69. The monoisotopic (exact) mass is 384 g/mol. The molecular weight excluding hydrogens is 352 g/mol. The van der Waals surface area contributed by atoms with Gasteiger partial charge in [0.05, 0.1) is 12.6 Å². The quantitative estimate of drug-likeness (QED) is 0.374. The van der Waals surface area contributed by atoms with Gasteiger partial charge in [0.1, 0.15) is 5.75 Å². The van der Waals surface area contributed by atoms with Crippen molar-refractivity contribution in [2.45, 2.75) is 12.5 Å². The molecule has 2 aromatic rings. The van der Waals surface area contributed by atoms with Gasteiger partial charge in [-0.1, -0.05) is 36.4 Å². The van der Waals surface area contributed by atoms with Crippen LogP contribution in [-0.2, 0) is 4.74 Å². The Morgan fingerprint density at radius 1 is 1.07 bits per heavy atom. The van der Waals surface area contributed by atoms with Crippen molar-refractivity contribution in [1.29, 1.82) is 0 Å². The van der Waals surface area contributed by atoms with Crippen LogP contribution in [0.1, 0.15) is 18.0 Å². The highest BCUT2D eigenvalue weighted by Crippen LogP contribution is 2.19. The molecule has 0 aliphatic rings. The van der Waals surface area contributed by atoms with Gasteiger partial charge in [0, 0.05) is 45.5 Å². The Morgan fingerprint density at radius 2 is 1.86 bits per heavy atom. The zero-order valence-corrected chi connectivity index (χ0v) is 17.3. The van der Waals surface area contributed by atoms with E-state index in [1.54, 1.807) is 14.2 Å². The van der Waals surface area contributed by atoms with E-state index >= 15 is 0 Å². The van der Waals surface area contributed by atoms with Crippen LogP contribution in [0.15, 0.2) is 59.6 Å². The molecular formula is C22H32N4O2. The van der Waals surface area contributed by atoms with E-state index in [2.05, 4.69) is 58.9 Å². The third-order valence-electron chi connectivity index (χ3n) is 4.35. The minimum Gasteiger partial charge on any atom is -0.493 e. The average Bonchev–Trinajstić information content (AvgIpc) is 2.71. The van der Waals surface area contributed by atoms with Gasteiger partial charge in [-0.25, -0.2) is 0 Å². The molecule has 0 radical (unpaired) electrons. The van der Waals surface area contributed by atoms with Gasteiger partial charge in [-0.3, -0.25) is 4.99 Å². The van der Waals surface area contributed by atoms with E-state index < -0.39 is 0 Å². The third kappa shape index (κ3) is 7.21. The van der Waals surface area contributed by atoms with E-state index in [-0.39, 0.29) is 6.04 Å². The lowest BCUT2D eigenvalue weighted by Gasteiger charge is -2.26. The zero-order chi connectivity index (χ0) is 20.2. The van der Waals surface area contributed by atoms with Crippen LogP contribution in [0.25, 0.3) is 0 Å². The van der Waals surface area contributed by atoms with Crippen LogP contribution < -0.4 is 15.4 Å². The topological polar surface area (TPSA) is 58.1 Å². The van der Waals surface area contributed by atoms with Gasteiger partial charge in [0.15, 0.2) is 5.96 Å².